The van der Waals surface area contributed by atoms with Gasteiger partial charge in [-0.1, -0.05) is 27.7 Å². The van der Waals surface area contributed by atoms with Crippen LogP contribution in [0, 0.1) is 0 Å². The third-order valence-electron chi connectivity index (χ3n) is 3.91. The normalized spacial score (nSPS) is 15.6. The Hall–Kier alpha value is -0.740. The number of Topliss-reactive ketones (excluding diaryl/α,β-unsaturated/α-hetero) is 1. The molecule has 0 aliphatic carbocycles. The van der Waals surface area contributed by atoms with Gasteiger partial charge in [-0.15, -0.1) is 11.3 Å². The second-order valence-corrected chi connectivity index (χ2v) is 7.44. The van der Waals surface area contributed by atoms with E-state index in [1.807, 2.05) is 25.9 Å². The number of carbonyl (C=O) groups excluding carboxylic acids is 1. The van der Waals surface area contributed by atoms with Gasteiger partial charge in [0.1, 0.15) is 5.01 Å². The predicted molar refractivity (Wildman–Crippen MR) is 81.9 cm³/mol. The lowest BCUT2D eigenvalue weighted by molar-refractivity contribution is -0.128. The number of carbonyl (C=O) groups is 1. The molecule has 0 spiro atoms. The van der Waals surface area contributed by atoms with Crippen LogP contribution in [0.25, 0.3) is 0 Å². The van der Waals surface area contributed by atoms with Gasteiger partial charge in [0.25, 0.3) is 0 Å². The summed E-state index contributed by atoms with van der Waals surface area (Å²) in [4.78, 5) is 19.1. The number of aromatic nitrogens is 1. The lowest BCUT2D eigenvalue weighted by atomic mass is 9.90. The maximum absolute atomic E-state index is 12.5. The van der Waals surface area contributed by atoms with Crippen LogP contribution < -0.4 is 0 Å². The molecular weight excluding hydrogens is 256 g/mol. The van der Waals surface area contributed by atoms with Crippen LogP contribution in [0.15, 0.2) is 5.38 Å². The van der Waals surface area contributed by atoms with Crippen LogP contribution in [0.2, 0.25) is 0 Å². The standard InChI is InChI=1S/C15H26N2OS/c1-8-15(5,17(6)7)12(18)9-13-16-11(10-19-13)14(2,3)4/h10H,8-9H2,1-7H3. The summed E-state index contributed by atoms with van der Waals surface area (Å²) in [6, 6.07) is 0. The van der Waals surface area contributed by atoms with Gasteiger partial charge < -0.3 is 0 Å². The molecule has 0 aromatic carbocycles. The summed E-state index contributed by atoms with van der Waals surface area (Å²) < 4.78 is 0. The fourth-order valence-corrected chi connectivity index (χ4v) is 2.85. The topological polar surface area (TPSA) is 33.2 Å². The molecule has 1 unspecified atom stereocenters. The molecule has 0 saturated heterocycles. The Bertz CT molecular complexity index is 445. The summed E-state index contributed by atoms with van der Waals surface area (Å²) in [6.07, 6.45) is 1.25. The maximum atomic E-state index is 12.5. The maximum Gasteiger partial charge on any atom is 0.159 e. The van der Waals surface area contributed by atoms with E-state index in [1.54, 1.807) is 11.3 Å². The van der Waals surface area contributed by atoms with Crippen molar-refractivity contribution in [3.63, 3.8) is 0 Å². The Morgan fingerprint density at radius 2 is 1.89 bits per heavy atom. The van der Waals surface area contributed by atoms with E-state index < -0.39 is 5.54 Å². The van der Waals surface area contributed by atoms with Crippen LogP contribution in [0.3, 0.4) is 0 Å². The lowest BCUT2D eigenvalue weighted by Gasteiger charge is -2.33. The van der Waals surface area contributed by atoms with Gasteiger partial charge in [-0.2, -0.15) is 0 Å². The van der Waals surface area contributed by atoms with E-state index in [2.05, 4.69) is 38.1 Å². The molecule has 0 amide bonds. The Kier molecular flexibility index (Phi) is 4.91. The van der Waals surface area contributed by atoms with Gasteiger partial charge >= 0.3 is 0 Å². The van der Waals surface area contributed by atoms with Crippen molar-refractivity contribution in [3.8, 4) is 0 Å². The Morgan fingerprint density at radius 1 is 1.32 bits per heavy atom. The average molecular weight is 282 g/mol. The number of thiazole rings is 1. The molecule has 108 valence electrons. The van der Waals surface area contributed by atoms with Crippen LogP contribution in [-0.2, 0) is 16.6 Å². The van der Waals surface area contributed by atoms with E-state index in [1.165, 1.54) is 0 Å². The molecule has 0 aliphatic rings. The highest BCUT2D eigenvalue weighted by molar-refractivity contribution is 7.09. The molecule has 1 aromatic rings. The Morgan fingerprint density at radius 3 is 2.26 bits per heavy atom. The minimum absolute atomic E-state index is 0.0490. The monoisotopic (exact) mass is 282 g/mol. The van der Waals surface area contributed by atoms with Crippen LogP contribution in [0.1, 0.15) is 51.7 Å². The molecule has 4 heteroatoms. The molecule has 0 bridgehead atoms. The first-order valence-electron chi connectivity index (χ1n) is 6.77. The zero-order valence-electron chi connectivity index (χ0n) is 13.2. The molecule has 0 radical (unpaired) electrons. The molecule has 1 rings (SSSR count). The second-order valence-electron chi connectivity index (χ2n) is 6.50. The second kappa shape index (κ2) is 5.71. The van der Waals surface area contributed by atoms with Gasteiger partial charge in [-0.05, 0) is 27.4 Å². The Balaban J connectivity index is 2.86. The third kappa shape index (κ3) is 3.63. The first-order chi connectivity index (χ1) is 8.61. The van der Waals surface area contributed by atoms with Crippen molar-refractivity contribution in [1.82, 2.24) is 9.88 Å². The van der Waals surface area contributed by atoms with Crippen molar-refractivity contribution in [2.45, 2.75) is 58.4 Å². The summed E-state index contributed by atoms with van der Waals surface area (Å²) in [6.45, 7) is 10.5. The highest BCUT2D eigenvalue weighted by atomic mass is 32.1. The zero-order chi connectivity index (χ0) is 14.8. The molecule has 3 nitrogen and oxygen atoms in total. The summed E-state index contributed by atoms with van der Waals surface area (Å²) in [5.41, 5.74) is 0.726. The van der Waals surface area contributed by atoms with Crippen molar-refractivity contribution in [2.24, 2.45) is 0 Å². The smallest absolute Gasteiger partial charge is 0.159 e. The highest BCUT2D eigenvalue weighted by Gasteiger charge is 2.33. The number of ketones is 1. The van der Waals surface area contributed by atoms with E-state index in [0.717, 1.165) is 17.1 Å². The fraction of sp³-hybridized carbons (Fsp3) is 0.733. The third-order valence-corrected chi connectivity index (χ3v) is 4.76. The van der Waals surface area contributed by atoms with E-state index in [0.29, 0.717) is 6.42 Å². The van der Waals surface area contributed by atoms with Crippen LogP contribution in [-0.4, -0.2) is 35.3 Å². The molecule has 1 aromatic heterocycles. The molecule has 0 aliphatic heterocycles. The first-order valence-corrected chi connectivity index (χ1v) is 7.65. The Labute approximate surface area is 121 Å². The molecule has 0 fully saturated rings. The quantitative estimate of drug-likeness (QED) is 0.831. The van der Waals surface area contributed by atoms with Crippen LogP contribution in [0.5, 0.6) is 0 Å². The van der Waals surface area contributed by atoms with Crippen molar-refractivity contribution in [3.05, 3.63) is 16.1 Å². The molecule has 1 atom stereocenters. The van der Waals surface area contributed by atoms with Gasteiger partial charge in [0.05, 0.1) is 17.7 Å². The van der Waals surface area contributed by atoms with Crippen molar-refractivity contribution in [2.75, 3.05) is 14.1 Å². The molecule has 0 N–H and O–H groups in total. The molecular formula is C15H26N2OS. The lowest BCUT2D eigenvalue weighted by Crippen LogP contribution is -2.48. The minimum atomic E-state index is -0.395. The number of hydrogen-bond donors (Lipinski definition) is 0. The van der Waals surface area contributed by atoms with Gasteiger partial charge in [0.15, 0.2) is 5.78 Å². The predicted octanol–water partition coefficient (Wildman–Crippen LogP) is 3.28. The van der Waals surface area contributed by atoms with Crippen LogP contribution >= 0.6 is 11.3 Å². The average Bonchev–Trinajstić information content (AvgIpc) is 2.75. The van der Waals surface area contributed by atoms with Gasteiger partial charge in [0, 0.05) is 10.8 Å². The fourth-order valence-electron chi connectivity index (χ4n) is 1.83. The van der Waals surface area contributed by atoms with Gasteiger partial charge in [-0.3, -0.25) is 9.69 Å². The van der Waals surface area contributed by atoms with E-state index in [-0.39, 0.29) is 11.2 Å². The van der Waals surface area contributed by atoms with Crippen LogP contribution in [0.4, 0.5) is 0 Å². The number of rotatable bonds is 5. The summed E-state index contributed by atoms with van der Waals surface area (Å²) in [7, 11) is 3.92. The van der Waals surface area contributed by atoms with E-state index in [9.17, 15) is 4.79 Å². The number of likely N-dealkylation sites (N-methyl/N-ethyl adjacent to an activating group) is 1. The molecule has 0 saturated carbocycles. The van der Waals surface area contributed by atoms with Crippen molar-refractivity contribution in [1.29, 1.82) is 0 Å². The summed E-state index contributed by atoms with van der Waals surface area (Å²) >= 11 is 1.59. The number of nitrogens with zero attached hydrogens (tertiary/aromatic N) is 2. The zero-order valence-corrected chi connectivity index (χ0v) is 14.0. The van der Waals surface area contributed by atoms with E-state index >= 15 is 0 Å². The number of hydrogen-bond acceptors (Lipinski definition) is 4. The van der Waals surface area contributed by atoms with E-state index in [4.69, 9.17) is 0 Å². The molecule has 1 heterocycles. The summed E-state index contributed by atoms with van der Waals surface area (Å²) in [5.74, 6) is 0.245. The van der Waals surface area contributed by atoms with Crippen molar-refractivity contribution >= 4 is 17.1 Å². The van der Waals surface area contributed by atoms with Gasteiger partial charge in [0.2, 0.25) is 0 Å². The highest BCUT2D eigenvalue weighted by Crippen LogP contribution is 2.26. The van der Waals surface area contributed by atoms with Gasteiger partial charge in [-0.25, -0.2) is 4.98 Å². The summed E-state index contributed by atoms with van der Waals surface area (Å²) in [5, 5.41) is 3.00. The SMILES string of the molecule is CCC(C)(C(=O)Cc1nc(C(C)(C)C)cs1)N(C)C. The largest absolute Gasteiger partial charge is 0.297 e. The first kappa shape index (κ1) is 16.3. The van der Waals surface area contributed by atoms with Crippen molar-refractivity contribution < 1.29 is 4.79 Å². The molecule has 19 heavy (non-hydrogen) atoms. The minimum Gasteiger partial charge on any atom is -0.297 e.